The molecule has 0 bridgehead atoms. The van der Waals surface area contributed by atoms with E-state index in [9.17, 15) is 15.0 Å². The molecule has 2 atom stereocenters. The van der Waals surface area contributed by atoms with Gasteiger partial charge in [0.25, 0.3) is 0 Å². The molecule has 0 amide bonds. The van der Waals surface area contributed by atoms with Crippen LogP contribution in [0, 0.1) is 0 Å². The third kappa shape index (κ3) is 2.81. The van der Waals surface area contributed by atoms with E-state index in [1.54, 1.807) is 18.2 Å². The Kier molecular flexibility index (Phi) is 4.79. The van der Waals surface area contributed by atoms with E-state index < -0.39 is 12.2 Å². The summed E-state index contributed by atoms with van der Waals surface area (Å²) in [4.78, 5) is 10.7. The van der Waals surface area contributed by atoms with Crippen molar-refractivity contribution in [3.8, 4) is 0 Å². The molecule has 0 spiro atoms. The molecule has 0 aromatic heterocycles. The molecule has 0 aliphatic rings. The van der Waals surface area contributed by atoms with Crippen LogP contribution in [0.5, 0.6) is 0 Å². The van der Waals surface area contributed by atoms with Crippen LogP contribution in [0.1, 0.15) is 22.0 Å². The van der Waals surface area contributed by atoms with Crippen molar-refractivity contribution in [2.24, 2.45) is 0 Å². The van der Waals surface area contributed by atoms with Crippen molar-refractivity contribution in [1.29, 1.82) is 0 Å². The van der Waals surface area contributed by atoms with Gasteiger partial charge in [-0.2, -0.15) is 12.6 Å². The molecule has 3 nitrogen and oxygen atoms in total. The van der Waals surface area contributed by atoms with Crippen LogP contribution in [-0.4, -0.2) is 28.4 Å². The maximum absolute atomic E-state index is 10.7. The van der Waals surface area contributed by atoms with Crippen molar-refractivity contribution < 1.29 is 15.0 Å². The van der Waals surface area contributed by atoms with E-state index in [1.165, 1.54) is 0 Å². The zero-order valence-electron chi connectivity index (χ0n) is 7.80. The molecule has 0 radical (unpaired) electrons. The van der Waals surface area contributed by atoms with Crippen LogP contribution in [0.4, 0.5) is 0 Å². The molecule has 1 rings (SSSR count). The molecule has 0 aliphatic heterocycles. The topological polar surface area (TPSA) is 57.5 Å². The number of hydrogen-bond acceptors (Lipinski definition) is 4. The van der Waals surface area contributed by atoms with Crippen molar-refractivity contribution in [2.75, 3.05) is 5.75 Å². The summed E-state index contributed by atoms with van der Waals surface area (Å²) >= 11 is 7.11. The van der Waals surface area contributed by atoms with E-state index in [-0.39, 0.29) is 5.75 Å². The molecule has 2 unspecified atom stereocenters. The average Bonchev–Trinajstić information content (AvgIpc) is 2.27. The number of halogens is 1. The van der Waals surface area contributed by atoms with E-state index in [1.807, 2.05) is 0 Å². The normalized spacial score (nSPS) is 14.7. The van der Waals surface area contributed by atoms with E-state index in [4.69, 9.17) is 0 Å². The van der Waals surface area contributed by atoms with Gasteiger partial charge in [-0.05, 0) is 21.5 Å². The molecule has 0 fully saturated rings. The van der Waals surface area contributed by atoms with E-state index in [2.05, 4.69) is 28.6 Å². The average molecular weight is 291 g/mol. The van der Waals surface area contributed by atoms with Crippen LogP contribution in [0.2, 0.25) is 0 Å². The van der Waals surface area contributed by atoms with Gasteiger partial charge in [0.2, 0.25) is 0 Å². The summed E-state index contributed by atoms with van der Waals surface area (Å²) in [6.45, 7) is 0. The number of thiol groups is 1. The van der Waals surface area contributed by atoms with E-state index in [0.29, 0.717) is 21.9 Å². The molecular weight excluding hydrogens is 280 g/mol. The Hall–Kier alpha value is -0.360. The lowest BCUT2D eigenvalue weighted by atomic mass is 10.0. The summed E-state index contributed by atoms with van der Waals surface area (Å²) in [7, 11) is 0. The van der Waals surface area contributed by atoms with Crippen molar-refractivity contribution in [3.63, 3.8) is 0 Å². The first-order valence-electron chi connectivity index (χ1n) is 4.32. The zero-order valence-corrected chi connectivity index (χ0v) is 10.3. The minimum atomic E-state index is -1.04. The summed E-state index contributed by atoms with van der Waals surface area (Å²) in [5, 5.41) is 19.2. The molecule has 5 heteroatoms. The van der Waals surface area contributed by atoms with Crippen LogP contribution in [0.3, 0.4) is 0 Å². The van der Waals surface area contributed by atoms with Crippen molar-refractivity contribution in [3.05, 3.63) is 33.8 Å². The number of carbonyl (C=O) groups is 1. The number of aliphatic hydroxyl groups is 2. The van der Waals surface area contributed by atoms with Crippen LogP contribution in [0.25, 0.3) is 0 Å². The van der Waals surface area contributed by atoms with Crippen LogP contribution < -0.4 is 0 Å². The molecule has 0 aliphatic carbocycles. The van der Waals surface area contributed by atoms with Gasteiger partial charge < -0.3 is 10.2 Å². The van der Waals surface area contributed by atoms with Gasteiger partial charge in [-0.15, -0.1) is 0 Å². The summed E-state index contributed by atoms with van der Waals surface area (Å²) in [5.74, 6) is 0.152. The summed E-state index contributed by atoms with van der Waals surface area (Å²) < 4.78 is 0.508. The van der Waals surface area contributed by atoms with Gasteiger partial charge in [0, 0.05) is 15.8 Å². The molecule has 0 heterocycles. The SMILES string of the molecule is O=Cc1cccc(C(O)C(O)CS)c1Br. The highest BCUT2D eigenvalue weighted by atomic mass is 79.9. The molecule has 0 saturated carbocycles. The van der Waals surface area contributed by atoms with E-state index >= 15 is 0 Å². The Balaban J connectivity index is 3.09. The lowest BCUT2D eigenvalue weighted by molar-refractivity contribution is 0.0333. The third-order valence-electron chi connectivity index (χ3n) is 2.06. The van der Waals surface area contributed by atoms with Gasteiger partial charge in [0.05, 0.1) is 6.10 Å². The second-order valence-electron chi connectivity index (χ2n) is 3.06. The fourth-order valence-electron chi connectivity index (χ4n) is 1.19. The first-order chi connectivity index (χ1) is 7.11. The molecule has 2 N–H and O–H groups in total. The second-order valence-corrected chi connectivity index (χ2v) is 4.22. The molecule has 0 saturated heterocycles. The van der Waals surface area contributed by atoms with Gasteiger partial charge in [0.1, 0.15) is 6.10 Å². The number of carbonyl (C=O) groups excluding carboxylic acids is 1. The highest BCUT2D eigenvalue weighted by Gasteiger charge is 2.20. The minimum Gasteiger partial charge on any atom is -0.389 e. The highest BCUT2D eigenvalue weighted by molar-refractivity contribution is 9.10. The first-order valence-corrected chi connectivity index (χ1v) is 5.75. The molecule has 1 aromatic carbocycles. The summed E-state index contributed by atoms with van der Waals surface area (Å²) in [6.07, 6.45) is -1.31. The van der Waals surface area contributed by atoms with Crippen molar-refractivity contribution >= 4 is 34.8 Å². The van der Waals surface area contributed by atoms with Crippen LogP contribution in [0.15, 0.2) is 22.7 Å². The maximum Gasteiger partial charge on any atom is 0.151 e. The summed E-state index contributed by atoms with van der Waals surface area (Å²) in [6, 6.07) is 4.92. The Morgan fingerprint density at radius 1 is 1.47 bits per heavy atom. The molecular formula is C10H11BrO3S. The highest BCUT2D eigenvalue weighted by Crippen LogP contribution is 2.28. The first kappa shape index (κ1) is 12.7. The predicted molar refractivity (Wildman–Crippen MR) is 64.3 cm³/mol. The minimum absolute atomic E-state index is 0.152. The Bertz CT molecular complexity index is 357. The van der Waals surface area contributed by atoms with Gasteiger partial charge in [-0.25, -0.2) is 0 Å². The van der Waals surface area contributed by atoms with Gasteiger partial charge in [-0.3, -0.25) is 4.79 Å². The van der Waals surface area contributed by atoms with Crippen molar-refractivity contribution in [1.82, 2.24) is 0 Å². The molecule has 1 aromatic rings. The Labute approximate surface area is 102 Å². The predicted octanol–water partition coefficient (Wildman–Crippen LogP) is 1.59. The van der Waals surface area contributed by atoms with Gasteiger partial charge in [0.15, 0.2) is 6.29 Å². The fourth-order valence-corrected chi connectivity index (χ4v) is 1.99. The molecule has 82 valence electrons. The van der Waals surface area contributed by atoms with Gasteiger partial charge >= 0.3 is 0 Å². The molecule has 15 heavy (non-hydrogen) atoms. The second kappa shape index (κ2) is 5.65. The van der Waals surface area contributed by atoms with Crippen LogP contribution >= 0.6 is 28.6 Å². The van der Waals surface area contributed by atoms with E-state index in [0.717, 1.165) is 0 Å². The third-order valence-corrected chi connectivity index (χ3v) is 3.35. The lowest BCUT2D eigenvalue weighted by Gasteiger charge is -2.18. The Morgan fingerprint density at radius 3 is 2.67 bits per heavy atom. The summed E-state index contributed by atoms with van der Waals surface area (Å²) in [5.41, 5.74) is 0.930. The number of benzene rings is 1. The quantitative estimate of drug-likeness (QED) is 0.583. The maximum atomic E-state index is 10.7. The monoisotopic (exact) mass is 290 g/mol. The number of rotatable bonds is 4. The van der Waals surface area contributed by atoms with Gasteiger partial charge in [-0.1, -0.05) is 18.2 Å². The lowest BCUT2D eigenvalue weighted by Crippen LogP contribution is -2.20. The van der Waals surface area contributed by atoms with Crippen molar-refractivity contribution in [2.45, 2.75) is 12.2 Å². The van der Waals surface area contributed by atoms with Crippen LogP contribution in [-0.2, 0) is 0 Å². The smallest absolute Gasteiger partial charge is 0.151 e. The zero-order chi connectivity index (χ0) is 11.4. The standard InChI is InChI=1S/C10H11BrO3S/c11-9-6(4-12)2-1-3-7(9)10(14)8(13)5-15/h1-4,8,10,13-15H,5H2. The number of aliphatic hydroxyl groups excluding tert-OH is 2. The Morgan fingerprint density at radius 2 is 2.13 bits per heavy atom. The largest absolute Gasteiger partial charge is 0.389 e. The number of hydrogen-bond donors (Lipinski definition) is 3. The fraction of sp³-hybridized carbons (Fsp3) is 0.300. The number of aldehydes is 1.